The van der Waals surface area contributed by atoms with Gasteiger partial charge in [-0.2, -0.15) is 5.26 Å². The molecule has 0 aromatic heterocycles. The molecule has 2 aliphatic rings. The Morgan fingerprint density at radius 3 is 2.33 bits per heavy atom. The maximum atomic E-state index is 12.3. The molecular weight excluding hydrogens is 228 g/mol. The molecule has 0 atom stereocenters. The van der Waals surface area contributed by atoms with Crippen molar-refractivity contribution in [2.45, 2.75) is 57.4 Å². The van der Waals surface area contributed by atoms with Gasteiger partial charge in [0.15, 0.2) is 0 Å². The molecule has 1 aliphatic carbocycles. The van der Waals surface area contributed by atoms with E-state index in [9.17, 15) is 10.1 Å². The van der Waals surface area contributed by atoms with E-state index in [1.54, 1.807) is 0 Å². The van der Waals surface area contributed by atoms with Crippen molar-refractivity contribution in [3.8, 4) is 6.07 Å². The summed E-state index contributed by atoms with van der Waals surface area (Å²) in [5.74, 6) is -0.0693. The van der Waals surface area contributed by atoms with Crippen molar-refractivity contribution in [1.82, 2.24) is 5.32 Å². The lowest BCUT2D eigenvalue weighted by Crippen LogP contribution is -2.47. The number of hydrogen-bond donors (Lipinski definition) is 1. The number of carbonyl (C=O) groups is 1. The van der Waals surface area contributed by atoms with Gasteiger partial charge in [0.1, 0.15) is 5.41 Å². The zero-order chi connectivity index (χ0) is 12.8. The first kappa shape index (κ1) is 13.4. The maximum absolute atomic E-state index is 12.3. The van der Waals surface area contributed by atoms with Gasteiger partial charge in [-0.25, -0.2) is 0 Å². The Hall–Kier alpha value is -1.08. The van der Waals surface area contributed by atoms with E-state index in [-0.39, 0.29) is 11.9 Å². The largest absolute Gasteiger partial charge is 0.381 e. The van der Waals surface area contributed by atoms with Crippen molar-refractivity contribution in [2.75, 3.05) is 13.2 Å². The summed E-state index contributed by atoms with van der Waals surface area (Å²) in [7, 11) is 0. The quantitative estimate of drug-likeness (QED) is 0.764. The first-order valence-corrected chi connectivity index (χ1v) is 7.07. The molecule has 1 saturated carbocycles. The lowest BCUT2D eigenvalue weighted by atomic mass is 9.80. The average molecular weight is 250 g/mol. The van der Waals surface area contributed by atoms with Gasteiger partial charge in [-0.05, 0) is 25.7 Å². The van der Waals surface area contributed by atoms with Crippen LogP contribution in [-0.2, 0) is 9.53 Å². The molecule has 1 N–H and O–H groups in total. The summed E-state index contributed by atoms with van der Waals surface area (Å²) in [6.07, 6.45) is 8.09. The van der Waals surface area contributed by atoms with Gasteiger partial charge < -0.3 is 10.1 Å². The zero-order valence-corrected chi connectivity index (χ0v) is 10.9. The lowest BCUT2D eigenvalue weighted by molar-refractivity contribution is -0.133. The second-order valence-electron chi connectivity index (χ2n) is 5.47. The van der Waals surface area contributed by atoms with Crippen molar-refractivity contribution in [3.05, 3.63) is 0 Å². The van der Waals surface area contributed by atoms with Crippen molar-refractivity contribution in [1.29, 1.82) is 5.26 Å². The Morgan fingerprint density at radius 2 is 1.78 bits per heavy atom. The van der Waals surface area contributed by atoms with E-state index < -0.39 is 5.41 Å². The minimum absolute atomic E-state index is 0.0693. The van der Waals surface area contributed by atoms with Crippen molar-refractivity contribution in [3.63, 3.8) is 0 Å². The standard InChI is InChI=1S/C14H22N2O2/c15-11-14(7-9-18-10-8-14)13(17)16-12-5-3-1-2-4-6-12/h12H,1-10H2,(H,16,17). The minimum atomic E-state index is -0.843. The van der Waals surface area contributed by atoms with Gasteiger partial charge in [-0.1, -0.05) is 25.7 Å². The van der Waals surface area contributed by atoms with Gasteiger partial charge in [0, 0.05) is 19.3 Å². The first-order chi connectivity index (χ1) is 8.77. The number of amides is 1. The second-order valence-corrected chi connectivity index (χ2v) is 5.47. The topological polar surface area (TPSA) is 62.1 Å². The van der Waals surface area contributed by atoms with E-state index in [1.807, 2.05) is 0 Å². The van der Waals surface area contributed by atoms with Crippen LogP contribution in [0.3, 0.4) is 0 Å². The molecule has 1 heterocycles. The van der Waals surface area contributed by atoms with Crippen LogP contribution in [0.4, 0.5) is 0 Å². The Bertz CT molecular complexity index is 321. The molecule has 1 aliphatic heterocycles. The van der Waals surface area contributed by atoms with Gasteiger partial charge in [0.2, 0.25) is 5.91 Å². The van der Waals surface area contributed by atoms with E-state index in [4.69, 9.17) is 4.74 Å². The summed E-state index contributed by atoms with van der Waals surface area (Å²) < 4.78 is 5.26. The highest BCUT2D eigenvalue weighted by molar-refractivity contribution is 5.85. The third kappa shape index (κ3) is 3.02. The minimum Gasteiger partial charge on any atom is -0.381 e. The van der Waals surface area contributed by atoms with Crippen LogP contribution < -0.4 is 5.32 Å². The molecule has 0 aromatic rings. The highest BCUT2D eigenvalue weighted by Crippen LogP contribution is 2.30. The molecule has 0 aromatic carbocycles. The molecule has 18 heavy (non-hydrogen) atoms. The van der Waals surface area contributed by atoms with Crippen LogP contribution in [0.5, 0.6) is 0 Å². The fourth-order valence-corrected chi connectivity index (χ4v) is 2.86. The fourth-order valence-electron chi connectivity index (χ4n) is 2.86. The molecule has 4 nitrogen and oxygen atoms in total. The summed E-state index contributed by atoms with van der Waals surface area (Å²) in [6, 6.07) is 2.50. The molecule has 0 unspecified atom stereocenters. The monoisotopic (exact) mass is 250 g/mol. The van der Waals surface area contributed by atoms with Crippen molar-refractivity contribution >= 4 is 5.91 Å². The predicted molar refractivity (Wildman–Crippen MR) is 67.7 cm³/mol. The molecule has 2 fully saturated rings. The SMILES string of the molecule is N#CC1(C(=O)NC2CCCCCC2)CCOCC1. The molecule has 0 spiro atoms. The Labute approximate surface area is 109 Å². The van der Waals surface area contributed by atoms with E-state index in [0.717, 1.165) is 12.8 Å². The fraction of sp³-hybridized carbons (Fsp3) is 0.857. The normalized spacial score (nSPS) is 24.8. The third-order valence-corrected chi connectivity index (χ3v) is 4.19. The van der Waals surface area contributed by atoms with Crippen LogP contribution in [0.2, 0.25) is 0 Å². The highest BCUT2D eigenvalue weighted by atomic mass is 16.5. The van der Waals surface area contributed by atoms with E-state index >= 15 is 0 Å². The summed E-state index contributed by atoms with van der Waals surface area (Å²) in [6.45, 7) is 1.04. The number of carbonyl (C=O) groups excluding carboxylic acids is 1. The predicted octanol–water partition coefficient (Wildman–Crippen LogP) is 2.15. The summed E-state index contributed by atoms with van der Waals surface area (Å²) in [5.41, 5.74) is -0.843. The first-order valence-electron chi connectivity index (χ1n) is 7.07. The Balaban J connectivity index is 1.94. The zero-order valence-electron chi connectivity index (χ0n) is 10.9. The highest BCUT2D eigenvalue weighted by Gasteiger charge is 2.41. The number of ether oxygens (including phenoxy) is 1. The smallest absolute Gasteiger partial charge is 0.240 e. The molecule has 100 valence electrons. The van der Waals surface area contributed by atoms with E-state index in [0.29, 0.717) is 26.1 Å². The van der Waals surface area contributed by atoms with Gasteiger partial charge in [0.05, 0.1) is 6.07 Å². The van der Waals surface area contributed by atoms with Crippen LogP contribution in [0.1, 0.15) is 51.4 Å². The van der Waals surface area contributed by atoms with Crippen molar-refractivity contribution < 1.29 is 9.53 Å². The number of nitrogens with one attached hydrogen (secondary N) is 1. The number of hydrogen-bond acceptors (Lipinski definition) is 3. The van der Waals surface area contributed by atoms with Crippen LogP contribution in [0.15, 0.2) is 0 Å². The van der Waals surface area contributed by atoms with E-state index in [1.165, 1.54) is 25.7 Å². The molecule has 1 amide bonds. The molecule has 0 radical (unpaired) electrons. The van der Waals surface area contributed by atoms with Crippen LogP contribution in [-0.4, -0.2) is 25.2 Å². The van der Waals surface area contributed by atoms with Gasteiger partial charge >= 0.3 is 0 Å². The average Bonchev–Trinajstić information content (AvgIpc) is 2.68. The van der Waals surface area contributed by atoms with E-state index in [2.05, 4.69) is 11.4 Å². The second kappa shape index (κ2) is 6.19. The van der Waals surface area contributed by atoms with Crippen LogP contribution in [0, 0.1) is 16.7 Å². The van der Waals surface area contributed by atoms with Gasteiger partial charge in [-0.3, -0.25) is 4.79 Å². The summed E-state index contributed by atoms with van der Waals surface area (Å²) in [5, 5.41) is 12.4. The van der Waals surface area contributed by atoms with Crippen molar-refractivity contribution in [2.24, 2.45) is 5.41 Å². The Morgan fingerprint density at radius 1 is 1.17 bits per heavy atom. The van der Waals surface area contributed by atoms with Crippen LogP contribution >= 0.6 is 0 Å². The molecular formula is C14H22N2O2. The van der Waals surface area contributed by atoms with Crippen LogP contribution in [0.25, 0.3) is 0 Å². The summed E-state index contributed by atoms with van der Waals surface area (Å²) in [4.78, 5) is 12.3. The number of rotatable bonds is 2. The third-order valence-electron chi connectivity index (χ3n) is 4.19. The molecule has 1 saturated heterocycles. The number of nitriles is 1. The molecule has 4 heteroatoms. The lowest BCUT2D eigenvalue weighted by Gasteiger charge is -2.31. The van der Waals surface area contributed by atoms with Gasteiger partial charge in [0.25, 0.3) is 0 Å². The molecule has 0 bridgehead atoms. The Kier molecular flexibility index (Phi) is 4.60. The number of nitrogens with zero attached hydrogens (tertiary/aromatic N) is 1. The molecule has 2 rings (SSSR count). The van der Waals surface area contributed by atoms with Gasteiger partial charge in [-0.15, -0.1) is 0 Å². The summed E-state index contributed by atoms with van der Waals surface area (Å²) >= 11 is 0. The maximum Gasteiger partial charge on any atom is 0.240 e.